The number of amides is 1. The number of hydrogen-bond acceptors (Lipinski definition) is 5. The number of rotatable bonds is 5. The zero-order chi connectivity index (χ0) is 20.9. The Morgan fingerprint density at radius 3 is 2.90 bits per heavy atom. The maximum absolute atomic E-state index is 12.8. The second kappa shape index (κ2) is 8.82. The molecule has 0 N–H and O–H groups in total. The van der Waals surface area contributed by atoms with E-state index in [0.717, 1.165) is 18.6 Å². The summed E-state index contributed by atoms with van der Waals surface area (Å²) in [5.41, 5.74) is -0.408. The lowest BCUT2D eigenvalue weighted by atomic mass is 10.1. The number of nitriles is 1. The number of ether oxygens (including phenoxy) is 2. The Hall–Kier alpha value is -3.28. The van der Waals surface area contributed by atoms with Gasteiger partial charge in [-0.15, -0.1) is 0 Å². The van der Waals surface area contributed by atoms with E-state index in [1.165, 1.54) is 24.4 Å². The molecule has 9 heteroatoms. The van der Waals surface area contributed by atoms with E-state index in [-0.39, 0.29) is 24.4 Å². The average Bonchev–Trinajstić information content (AvgIpc) is 2.72. The summed E-state index contributed by atoms with van der Waals surface area (Å²) in [6.45, 7) is 0.454. The fraction of sp³-hybridized carbons (Fsp3) is 0.350. The highest BCUT2D eigenvalue weighted by Gasteiger charge is 2.31. The molecule has 1 atom stereocenters. The SMILES string of the molecule is N#Cc1ccnc(O[C@@H]2CCCN(C(=O)COc3cccc(C(F)(F)F)c3)C2)c1. The molecular formula is C20H18F3N3O3. The number of pyridine rings is 1. The van der Waals surface area contributed by atoms with E-state index in [1.54, 1.807) is 11.0 Å². The summed E-state index contributed by atoms with van der Waals surface area (Å²) in [5, 5.41) is 8.93. The molecule has 1 fully saturated rings. The highest BCUT2D eigenvalue weighted by atomic mass is 19.4. The molecule has 29 heavy (non-hydrogen) atoms. The first-order valence-corrected chi connectivity index (χ1v) is 8.96. The van der Waals surface area contributed by atoms with Gasteiger partial charge in [0.05, 0.1) is 23.7 Å². The van der Waals surface area contributed by atoms with Crippen LogP contribution < -0.4 is 9.47 Å². The zero-order valence-electron chi connectivity index (χ0n) is 15.4. The normalized spacial score (nSPS) is 16.8. The fourth-order valence-electron chi connectivity index (χ4n) is 2.97. The van der Waals surface area contributed by atoms with Gasteiger partial charge in [0.25, 0.3) is 5.91 Å². The molecule has 1 aliphatic heterocycles. The maximum Gasteiger partial charge on any atom is 0.416 e. The van der Waals surface area contributed by atoms with Crippen LogP contribution in [0.15, 0.2) is 42.6 Å². The van der Waals surface area contributed by atoms with Gasteiger partial charge in [0.1, 0.15) is 11.9 Å². The van der Waals surface area contributed by atoms with Gasteiger partial charge in [-0.25, -0.2) is 4.98 Å². The lowest BCUT2D eigenvalue weighted by molar-refractivity contribution is -0.137. The van der Waals surface area contributed by atoms with Gasteiger partial charge in [0, 0.05) is 18.8 Å². The summed E-state index contributed by atoms with van der Waals surface area (Å²) in [4.78, 5) is 18.0. The highest BCUT2D eigenvalue weighted by Crippen LogP contribution is 2.31. The van der Waals surface area contributed by atoms with Crippen molar-refractivity contribution in [2.24, 2.45) is 0 Å². The second-order valence-corrected chi connectivity index (χ2v) is 6.53. The van der Waals surface area contributed by atoms with E-state index >= 15 is 0 Å². The highest BCUT2D eigenvalue weighted by molar-refractivity contribution is 5.78. The molecule has 1 saturated heterocycles. The number of benzene rings is 1. The van der Waals surface area contributed by atoms with Crippen LogP contribution in [0.3, 0.4) is 0 Å². The van der Waals surface area contributed by atoms with Crippen LogP contribution in [0.1, 0.15) is 24.0 Å². The molecule has 0 aliphatic carbocycles. The van der Waals surface area contributed by atoms with Crippen LogP contribution in [0, 0.1) is 11.3 Å². The molecule has 2 heterocycles. The van der Waals surface area contributed by atoms with Crippen LogP contribution in [-0.2, 0) is 11.0 Å². The largest absolute Gasteiger partial charge is 0.484 e. The van der Waals surface area contributed by atoms with Crippen LogP contribution in [0.2, 0.25) is 0 Å². The number of nitrogens with zero attached hydrogens (tertiary/aromatic N) is 3. The number of halogens is 3. The first-order valence-electron chi connectivity index (χ1n) is 8.96. The monoisotopic (exact) mass is 405 g/mol. The average molecular weight is 405 g/mol. The molecule has 1 aromatic heterocycles. The zero-order valence-corrected chi connectivity index (χ0v) is 15.4. The number of carbonyl (C=O) groups is 1. The van der Waals surface area contributed by atoms with Crippen molar-refractivity contribution < 1.29 is 27.4 Å². The Balaban J connectivity index is 1.55. The minimum absolute atomic E-state index is 0.0181. The van der Waals surface area contributed by atoms with Crippen LogP contribution in [0.5, 0.6) is 11.6 Å². The first-order chi connectivity index (χ1) is 13.8. The molecule has 3 rings (SSSR count). The summed E-state index contributed by atoms with van der Waals surface area (Å²) in [6.07, 6.45) is -1.86. The number of alkyl halides is 3. The van der Waals surface area contributed by atoms with E-state index in [0.29, 0.717) is 31.0 Å². The van der Waals surface area contributed by atoms with Gasteiger partial charge in [0.2, 0.25) is 5.88 Å². The predicted octanol–water partition coefficient (Wildman–Crippen LogP) is 3.42. The summed E-state index contributed by atoms with van der Waals surface area (Å²) in [5.74, 6) is -0.0477. The number of piperidine rings is 1. The van der Waals surface area contributed by atoms with Crippen molar-refractivity contribution in [3.8, 4) is 17.7 Å². The van der Waals surface area contributed by atoms with Gasteiger partial charge in [-0.3, -0.25) is 4.79 Å². The summed E-state index contributed by atoms with van der Waals surface area (Å²) in [7, 11) is 0. The molecule has 0 unspecified atom stereocenters. The third-order valence-electron chi connectivity index (χ3n) is 4.41. The van der Waals surface area contributed by atoms with Gasteiger partial charge in [0.15, 0.2) is 6.61 Å². The molecule has 0 saturated carbocycles. The molecule has 2 aromatic rings. The lowest BCUT2D eigenvalue weighted by Crippen LogP contribution is -2.46. The molecule has 0 spiro atoms. The van der Waals surface area contributed by atoms with Crippen LogP contribution in [0.25, 0.3) is 0 Å². The van der Waals surface area contributed by atoms with Crippen molar-refractivity contribution >= 4 is 5.91 Å². The van der Waals surface area contributed by atoms with Gasteiger partial charge >= 0.3 is 6.18 Å². The van der Waals surface area contributed by atoms with Crippen molar-refractivity contribution in [3.05, 3.63) is 53.7 Å². The quantitative estimate of drug-likeness (QED) is 0.762. The van der Waals surface area contributed by atoms with E-state index in [1.807, 2.05) is 6.07 Å². The fourth-order valence-corrected chi connectivity index (χ4v) is 2.97. The van der Waals surface area contributed by atoms with Gasteiger partial charge in [-0.1, -0.05) is 6.07 Å². The Morgan fingerprint density at radius 1 is 1.31 bits per heavy atom. The van der Waals surface area contributed by atoms with Crippen molar-refractivity contribution in [2.75, 3.05) is 19.7 Å². The third kappa shape index (κ3) is 5.60. The van der Waals surface area contributed by atoms with E-state index in [4.69, 9.17) is 14.7 Å². The van der Waals surface area contributed by atoms with Crippen LogP contribution >= 0.6 is 0 Å². The van der Waals surface area contributed by atoms with Crippen LogP contribution in [0.4, 0.5) is 13.2 Å². The molecular weight excluding hydrogens is 387 g/mol. The molecule has 0 bridgehead atoms. The van der Waals surface area contributed by atoms with Crippen molar-refractivity contribution in [1.29, 1.82) is 5.26 Å². The Kier molecular flexibility index (Phi) is 6.22. The standard InChI is InChI=1S/C20H18F3N3O3/c21-20(22,23)15-3-1-4-16(10-15)28-13-19(27)26-8-2-5-17(12-26)29-18-9-14(11-24)6-7-25-18/h1,3-4,6-7,9-10,17H,2,5,8,12-13H2/t17-/m1/s1. The molecule has 0 radical (unpaired) electrons. The van der Waals surface area contributed by atoms with E-state index in [2.05, 4.69) is 4.98 Å². The molecule has 1 aromatic carbocycles. The summed E-state index contributed by atoms with van der Waals surface area (Å²) in [6, 6.07) is 9.51. The topological polar surface area (TPSA) is 75.5 Å². The van der Waals surface area contributed by atoms with E-state index < -0.39 is 11.7 Å². The Bertz CT molecular complexity index is 912. The molecule has 6 nitrogen and oxygen atoms in total. The maximum atomic E-state index is 12.8. The number of hydrogen-bond donors (Lipinski definition) is 0. The van der Waals surface area contributed by atoms with Crippen molar-refractivity contribution in [1.82, 2.24) is 9.88 Å². The minimum atomic E-state index is -4.47. The smallest absolute Gasteiger partial charge is 0.416 e. The summed E-state index contributed by atoms with van der Waals surface area (Å²) >= 11 is 0. The van der Waals surface area contributed by atoms with Gasteiger partial charge in [-0.05, 0) is 37.1 Å². The Morgan fingerprint density at radius 2 is 2.14 bits per heavy atom. The van der Waals surface area contributed by atoms with E-state index in [9.17, 15) is 18.0 Å². The molecule has 1 aliphatic rings. The number of aromatic nitrogens is 1. The number of likely N-dealkylation sites (tertiary alicyclic amines) is 1. The predicted molar refractivity (Wildman–Crippen MR) is 96.1 cm³/mol. The minimum Gasteiger partial charge on any atom is -0.484 e. The van der Waals surface area contributed by atoms with Crippen LogP contribution in [-0.4, -0.2) is 41.6 Å². The van der Waals surface area contributed by atoms with Gasteiger partial charge in [-0.2, -0.15) is 18.4 Å². The number of carbonyl (C=O) groups excluding carboxylic acids is 1. The van der Waals surface area contributed by atoms with Gasteiger partial charge < -0.3 is 14.4 Å². The molecule has 1 amide bonds. The van der Waals surface area contributed by atoms with Crippen molar-refractivity contribution in [3.63, 3.8) is 0 Å². The second-order valence-electron chi connectivity index (χ2n) is 6.53. The molecule has 152 valence electrons. The lowest BCUT2D eigenvalue weighted by Gasteiger charge is -2.32. The first kappa shape index (κ1) is 20.5. The summed E-state index contributed by atoms with van der Waals surface area (Å²) < 4.78 is 49.3. The third-order valence-corrected chi connectivity index (χ3v) is 4.41. The van der Waals surface area contributed by atoms with Crippen molar-refractivity contribution in [2.45, 2.75) is 25.1 Å². The Labute approximate surface area is 165 Å².